The minimum Gasteiger partial charge on any atom is -0.468 e. The first-order valence-corrected chi connectivity index (χ1v) is 6.81. The number of methoxy groups -OCH3 is 1. The van der Waals surface area contributed by atoms with Crippen LogP contribution in [0.15, 0.2) is 28.7 Å². The summed E-state index contributed by atoms with van der Waals surface area (Å²) < 4.78 is 10.3. The summed E-state index contributed by atoms with van der Waals surface area (Å²) >= 11 is 0. The lowest BCUT2D eigenvalue weighted by atomic mass is 10.1. The van der Waals surface area contributed by atoms with Gasteiger partial charge in [-0.1, -0.05) is 18.2 Å². The number of nitrogens with zero attached hydrogens (tertiary/aromatic N) is 1. The minimum atomic E-state index is -0.453. The lowest BCUT2D eigenvalue weighted by Crippen LogP contribution is -2.41. The molecule has 0 aliphatic carbocycles. The summed E-state index contributed by atoms with van der Waals surface area (Å²) in [7, 11) is 1.30. The van der Waals surface area contributed by atoms with Crippen molar-refractivity contribution in [1.29, 1.82) is 0 Å². The van der Waals surface area contributed by atoms with Gasteiger partial charge in [-0.15, -0.1) is 0 Å². The summed E-state index contributed by atoms with van der Waals surface area (Å²) in [6.07, 6.45) is 0. The highest BCUT2D eigenvalue weighted by Gasteiger charge is 2.26. The molecule has 0 bridgehead atoms. The van der Waals surface area contributed by atoms with Gasteiger partial charge in [-0.3, -0.25) is 9.59 Å². The molecule has 1 aromatic heterocycles. The number of hydrogen-bond acceptors (Lipinski definition) is 4. The van der Waals surface area contributed by atoms with E-state index in [0.29, 0.717) is 5.58 Å². The van der Waals surface area contributed by atoms with Gasteiger partial charge in [0.05, 0.1) is 7.11 Å². The van der Waals surface area contributed by atoms with Gasteiger partial charge in [0.25, 0.3) is 5.91 Å². The largest absolute Gasteiger partial charge is 0.468 e. The van der Waals surface area contributed by atoms with Gasteiger partial charge < -0.3 is 14.1 Å². The number of carbonyl (C=O) groups excluding carboxylic acids is 2. The molecule has 0 aliphatic heterocycles. The first-order chi connectivity index (χ1) is 9.95. The summed E-state index contributed by atoms with van der Waals surface area (Å²) in [5.41, 5.74) is 1.45. The molecule has 1 amide bonds. The number of furan rings is 1. The number of ether oxygens (including phenoxy) is 1. The Hall–Kier alpha value is -2.30. The van der Waals surface area contributed by atoms with E-state index in [2.05, 4.69) is 4.74 Å². The summed E-state index contributed by atoms with van der Waals surface area (Å²) in [4.78, 5) is 25.6. The van der Waals surface area contributed by atoms with E-state index in [9.17, 15) is 9.59 Å². The van der Waals surface area contributed by atoms with E-state index < -0.39 is 5.97 Å². The molecule has 21 heavy (non-hydrogen) atoms. The zero-order valence-electron chi connectivity index (χ0n) is 12.7. The Balaban J connectivity index is 2.39. The number of para-hydroxylation sites is 1. The van der Waals surface area contributed by atoms with Crippen LogP contribution in [0.2, 0.25) is 0 Å². The van der Waals surface area contributed by atoms with Crippen molar-refractivity contribution in [2.45, 2.75) is 26.8 Å². The molecule has 0 fully saturated rings. The van der Waals surface area contributed by atoms with Crippen LogP contribution in [0.1, 0.15) is 30.0 Å². The number of carbonyl (C=O) groups is 2. The molecule has 0 saturated carbocycles. The molecule has 1 aromatic carbocycles. The predicted molar refractivity (Wildman–Crippen MR) is 79.1 cm³/mol. The third-order valence-electron chi connectivity index (χ3n) is 3.45. The molecule has 0 atom stereocenters. The van der Waals surface area contributed by atoms with Crippen molar-refractivity contribution >= 4 is 22.8 Å². The molecule has 0 spiro atoms. The highest BCUT2D eigenvalue weighted by Crippen LogP contribution is 2.26. The molecule has 5 nitrogen and oxygen atoms in total. The van der Waals surface area contributed by atoms with Crippen LogP contribution in [0.3, 0.4) is 0 Å². The Labute approximate surface area is 123 Å². The zero-order valence-corrected chi connectivity index (χ0v) is 12.7. The number of benzene rings is 1. The van der Waals surface area contributed by atoms with Crippen LogP contribution in [0.4, 0.5) is 0 Å². The lowest BCUT2D eigenvalue weighted by Gasteiger charge is -2.24. The molecule has 0 aliphatic rings. The van der Waals surface area contributed by atoms with Crippen LogP contribution in [0.25, 0.3) is 11.0 Å². The van der Waals surface area contributed by atoms with Gasteiger partial charge in [0.1, 0.15) is 12.1 Å². The van der Waals surface area contributed by atoms with E-state index in [-0.39, 0.29) is 24.3 Å². The van der Waals surface area contributed by atoms with Gasteiger partial charge in [0.15, 0.2) is 5.76 Å². The van der Waals surface area contributed by atoms with Crippen LogP contribution in [-0.2, 0) is 9.53 Å². The highest BCUT2D eigenvalue weighted by molar-refractivity contribution is 6.00. The van der Waals surface area contributed by atoms with E-state index in [1.54, 1.807) is 0 Å². The Morgan fingerprint density at radius 3 is 2.52 bits per heavy atom. The predicted octanol–water partition coefficient (Wildman–Crippen LogP) is 2.76. The number of amides is 1. The van der Waals surface area contributed by atoms with Gasteiger partial charge >= 0.3 is 5.97 Å². The van der Waals surface area contributed by atoms with E-state index in [0.717, 1.165) is 10.9 Å². The SMILES string of the molecule is COC(=O)CN(C(=O)c1oc2ccccc2c1C)C(C)C. The number of aryl methyl sites for hydroxylation is 1. The van der Waals surface area contributed by atoms with Crippen molar-refractivity contribution in [3.63, 3.8) is 0 Å². The van der Waals surface area contributed by atoms with Crippen LogP contribution in [0, 0.1) is 6.92 Å². The van der Waals surface area contributed by atoms with Crippen molar-refractivity contribution in [3.8, 4) is 0 Å². The highest BCUT2D eigenvalue weighted by atomic mass is 16.5. The maximum Gasteiger partial charge on any atom is 0.325 e. The van der Waals surface area contributed by atoms with Crippen molar-refractivity contribution in [2.75, 3.05) is 13.7 Å². The fourth-order valence-corrected chi connectivity index (χ4v) is 2.20. The molecule has 1 heterocycles. The average molecular weight is 289 g/mol. The standard InChI is InChI=1S/C16H19NO4/c1-10(2)17(9-14(18)20-4)16(19)15-11(3)12-7-5-6-8-13(12)21-15/h5-8,10H,9H2,1-4H3. The van der Waals surface area contributed by atoms with Crippen molar-refractivity contribution < 1.29 is 18.7 Å². The van der Waals surface area contributed by atoms with Gasteiger partial charge in [-0.05, 0) is 26.8 Å². The third-order valence-corrected chi connectivity index (χ3v) is 3.45. The topological polar surface area (TPSA) is 59.8 Å². The second-order valence-corrected chi connectivity index (χ2v) is 5.16. The van der Waals surface area contributed by atoms with Crippen LogP contribution in [-0.4, -0.2) is 36.5 Å². The summed E-state index contributed by atoms with van der Waals surface area (Å²) in [6, 6.07) is 7.34. The Morgan fingerprint density at radius 2 is 1.95 bits per heavy atom. The van der Waals surface area contributed by atoms with Gasteiger partial charge in [0, 0.05) is 17.0 Å². The molecule has 2 rings (SSSR count). The fraction of sp³-hybridized carbons (Fsp3) is 0.375. The molecule has 0 saturated heterocycles. The van der Waals surface area contributed by atoms with Gasteiger partial charge in [-0.25, -0.2) is 0 Å². The molecular formula is C16H19NO4. The number of esters is 1. The Bertz CT molecular complexity index is 672. The molecule has 5 heteroatoms. The first-order valence-electron chi connectivity index (χ1n) is 6.81. The first kappa shape index (κ1) is 15.1. The second kappa shape index (κ2) is 5.99. The van der Waals surface area contributed by atoms with Crippen molar-refractivity contribution in [2.24, 2.45) is 0 Å². The summed E-state index contributed by atoms with van der Waals surface area (Å²) in [5.74, 6) is -0.483. The maximum atomic E-state index is 12.7. The number of rotatable bonds is 4. The molecule has 2 aromatic rings. The monoisotopic (exact) mass is 289 g/mol. The normalized spacial score (nSPS) is 10.9. The van der Waals surface area contributed by atoms with Crippen LogP contribution in [0.5, 0.6) is 0 Å². The van der Waals surface area contributed by atoms with Crippen molar-refractivity contribution in [1.82, 2.24) is 4.90 Å². The van der Waals surface area contributed by atoms with E-state index in [1.165, 1.54) is 12.0 Å². The molecule has 0 radical (unpaired) electrons. The smallest absolute Gasteiger partial charge is 0.325 e. The molecule has 0 N–H and O–H groups in total. The van der Waals surface area contributed by atoms with E-state index in [4.69, 9.17) is 4.42 Å². The van der Waals surface area contributed by atoms with E-state index >= 15 is 0 Å². The number of fused-ring (bicyclic) bond motifs is 1. The molecular weight excluding hydrogens is 270 g/mol. The Kier molecular flexibility index (Phi) is 4.31. The molecule has 112 valence electrons. The minimum absolute atomic E-state index is 0.0938. The van der Waals surface area contributed by atoms with Crippen LogP contribution < -0.4 is 0 Å². The second-order valence-electron chi connectivity index (χ2n) is 5.16. The van der Waals surface area contributed by atoms with E-state index in [1.807, 2.05) is 45.0 Å². The average Bonchev–Trinajstić information content (AvgIpc) is 2.81. The number of hydrogen-bond donors (Lipinski definition) is 0. The maximum absolute atomic E-state index is 12.7. The van der Waals surface area contributed by atoms with Gasteiger partial charge in [0.2, 0.25) is 0 Å². The fourth-order valence-electron chi connectivity index (χ4n) is 2.20. The zero-order chi connectivity index (χ0) is 15.6. The quantitative estimate of drug-likeness (QED) is 0.812. The van der Waals surface area contributed by atoms with Crippen molar-refractivity contribution in [3.05, 3.63) is 35.6 Å². The Morgan fingerprint density at radius 1 is 1.29 bits per heavy atom. The molecule has 0 unspecified atom stereocenters. The van der Waals surface area contributed by atoms with Crippen LogP contribution >= 0.6 is 0 Å². The summed E-state index contributed by atoms with van der Waals surface area (Å²) in [5, 5.41) is 0.905. The third kappa shape index (κ3) is 2.91. The van der Waals surface area contributed by atoms with Gasteiger partial charge in [-0.2, -0.15) is 0 Å². The summed E-state index contributed by atoms with van der Waals surface area (Å²) in [6.45, 7) is 5.44. The lowest BCUT2D eigenvalue weighted by molar-refractivity contribution is -0.141.